The Kier molecular flexibility index (Phi) is 4.12. The maximum absolute atomic E-state index is 5.56. The van der Waals surface area contributed by atoms with Crippen LogP contribution in [0.1, 0.15) is 6.42 Å². The lowest BCUT2D eigenvalue weighted by molar-refractivity contribution is -0.00179. The van der Waals surface area contributed by atoms with E-state index < -0.39 is 0 Å². The molecule has 0 bridgehead atoms. The van der Waals surface area contributed by atoms with Gasteiger partial charge in [0.05, 0.1) is 6.61 Å². The molecule has 0 spiro atoms. The van der Waals surface area contributed by atoms with Crippen LogP contribution >= 0.6 is 23.0 Å². The van der Waals surface area contributed by atoms with Crippen LogP contribution in [0.4, 0.5) is 0 Å². The number of hydrogen-bond acceptors (Lipinski definition) is 3. The molecule has 1 aliphatic rings. The average Bonchev–Trinajstić information content (AvgIpc) is 2.32. The van der Waals surface area contributed by atoms with Gasteiger partial charge in [-0.3, -0.25) is 0 Å². The van der Waals surface area contributed by atoms with Crippen molar-refractivity contribution in [3.05, 3.63) is 0 Å². The van der Waals surface area contributed by atoms with Crippen molar-refractivity contribution in [1.82, 2.24) is 0 Å². The van der Waals surface area contributed by atoms with Gasteiger partial charge in [0.25, 0.3) is 0 Å². The lowest BCUT2D eigenvalue weighted by Crippen LogP contribution is -2.26. The van der Waals surface area contributed by atoms with E-state index in [0.717, 1.165) is 6.42 Å². The van der Waals surface area contributed by atoms with Gasteiger partial charge in [-0.1, -0.05) is 0 Å². The zero-order valence-electron chi connectivity index (χ0n) is 6.33. The highest BCUT2D eigenvalue weighted by atomic mass is 127. The standard InChI is InChI=1S/C6H10BIO3/c1-9-3-5-4(11-8)2-6(7)10-5/h4-6H,2-3H2,1H3/t4?,5-,6-/m1/s1. The van der Waals surface area contributed by atoms with Crippen molar-refractivity contribution in [2.75, 3.05) is 13.7 Å². The Morgan fingerprint density at radius 1 is 1.73 bits per heavy atom. The van der Waals surface area contributed by atoms with Crippen LogP contribution in [-0.4, -0.2) is 39.8 Å². The molecule has 1 heterocycles. The molecule has 0 N–H and O–H groups in total. The molecule has 0 saturated carbocycles. The monoisotopic (exact) mass is 268 g/mol. The quantitative estimate of drug-likeness (QED) is 0.555. The first-order valence-corrected chi connectivity index (χ1v) is 4.33. The lowest BCUT2D eigenvalue weighted by atomic mass is 9.96. The minimum atomic E-state index is -0.199. The summed E-state index contributed by atoms with van der Waals surface area (Å²) in [5.41, 5.74) is 0. The summed E-state index contributed by atoms with van der Waals surface area (Å²) in [6.45, 7) is 0.543. The van der Waals surface area contributed by atoms with E-state index in [4.69, 9.17) is 20.4 Å². The van der Waals surface area contributed by atoms with Crippen LogP contribution in [0.5, 0.6) is 0 Å². The van der Waals surface area contributed by atoms with Gasteiger partial charge in [0.2, 0.25) is 0 Å². The van der Waals surface area contributed by atoms with Crippen LogP contribution in [0.25, 0.3) is 0 Å². The molecule has 3 atom stereocenters. The van der Waals surface area contributed by atoms with E-state index >= 15 is 0 Å². The van der Waals surface area contributed by atoms with Crippen molar-refractivity contribution < 1.29 is 12.5 Å². The fourth-order valence-electron chi connectivity index (χ4n) is 1.15. The first kappa shape index (κ1) is 9.76. The summed E-state index contributed by atoms with van der Waals surface area (Å²) in [7, 11) is 7.20. The highest BCUT2D eigenvalue weighted by Gasteiger charge is 2.32. The Morgan fingerprint density at radius 3 is 3.00 bits per heavy atom. The average molecular weight is 268 g/mol. The number of halogens is 1. The second kappa shape index (κ2) is 4.64. The minimum absolute atomic E-state index is 0.00750. The predicted octanol–water partition coefficient (Wildman–Crippen LogP) is 0.651. The topological polar surface area (TPSA) is 27.7 Å². The van der Waals surface area contributed by atoms with E-state index in [2.05, 4.69) is 0 Å². The fraction of sp³-hybridized carbons (Fsp3) is 1.00. The third-order valence-electron chi connectivity index (χ3n) is 1.67. The summed E-state index contributed by atoms with van der Waals surface area (Å²) in [5, 5.41) is 0. The zero-order chi connectivity index (χ0) is 8.27. The molecular formula is C6H10BIO3. The number of rotatable bonds is 3. The van der Waals surface area contributed by atoms with Crippen molar-refractivity contribution in [3.8, 4) is 0 Å². The molecule has 1 rings (SSSR count). The van der Waals surface area contributed by atoms with Gasteiger partial charge < -0.3 is 12.5 Å². The van der Waals surface area contributed by atoms with E-state index in [1.54, 1.807) is 7.11 Å². The summed E-state index contributed by atoms with van der Waals surface area (Å²) < 4.78 is 15.4. The SMILES string of the molecule is [B][C@H]1CC(OI)[C@@H](COC)O1. The molecule has 0 aliphatic carbocycles. The largest absolute Gasteiger partial charge is 0.382 e. The van der Waals surface area contributed by atoms with Crippen LogP contribution < -0.4 is 0 Å². The maximum Gasteiger partial charge on any atom is 0.110 e. The molecule has 62 valence electrons. The summed E-state index contributed by atoms with van der Waals surface area (Å²) >= 11 is 1.86. The van der Waals surface area contributed by atoms with Crippen molar-refractivity contribution in [1.29, 1.82) is 0 Å². The van der Waals surface area contributed by atoms with Gasteiger partial charge >= 0.3 is 0 Å². The molecule has 0 aromatic heterocycles. The van der Waals surface area contributed by atoms with Gasteiger partial charge in [-0.25, -0.2) is 0 Å². The lowest BCUT2D eigenvalue weighted by Gasteiger charge is -2.14. The van der Waals surface area contributed by atoms with Crippen LogP contribution in [-0.2, 0) is 12.5 Å². The molecule has 2 radical (unpaired) electrons. The van der Waals surface area contributed by atoms with Gasteiger partial charge in [-0.2, -0.15) is 0 Å². The first-order chi connectivity index (χ1) is 5.27. The van der Waals surface area contributed by atoms with Crippen LogP contribution in [0.2, 0.25) is 0 Å². The molecule has 5 heteroatoms. The predicted molar refractivity (Wildman–Crippen MR) is 49.8 cm³/mol. The van der Waals surface area contributed by atoms with Gasteiger partial charge in [-0.05, 0) is 6.42 Å². The highest BCUT2D eigenvalue weighted by Crippen LogP contribution is 2.23. The molecule has 11 heavy (non-hydrogen) atoms. The van der Waals surface area contributed by atoms with Crippen molar-refractivity contribution in [2.45, 2.75) is 24.6 Å². The molecule has 1 saturated heterocycles. The second-order valence-corrected chi connectivity index (χ2v) is 3.04. The van der Waals surface area contributed by atoms with Crippen molar-refractivity contribution in [3.63, 3.8) is 0 Å². The van der Waals surface area contributed by atoms with Crippen LogP contribution in [0.15, 0.2) is 0 Å². The molecule has 0 aromatic carbocycles. The molecule has 3 nitrogen and oxygen atoms in total. The van der Waals surface area contributed by atoms with E-state index in [1.807, 2.05) is 23.0 Å². The Balaban J connectivity index is 2.37. The zero-order valence-corrected chi connectivity index (χ0v) is 8.48. The molecule has 0 amide bonds. The van der Waals surface area contributed by atoms with E-state index in [1.165, 1.54) is 0 Å². The molecule has 1 fully saturated rings. The second-order valence-electron chi connectivity index (χ2n) is 2.53. The minimum Gasteiger partial charge on any atom is -0.382 e. The Bertz CT molecular complexity index is 124. The highest BCUT2D eigenvalue weighted by molar-refractivity contribution is 14.1. The molecular weight excluding hydrogens is 258 g/mol. The Hall–Kier alpha value is 0.675. The van der Waals surface area contributed by atoms with Crippen molar-refractivity contribution >= 4 is 30.9 Å². The molecule has 1 unspecified atom stereocenters. The third-order valence-corrected chi connectivity index (χ3v) is 2.33. The third kappa shape index (κ3) is 2.57. The van der Waals surface area contributed by atoms with Crippen LogP contribution in [0.3, 0.4) is 0 Å². The maximum atomic E-state index is 5.56. The van der Waals surface area contributed by atoms with Crippen LogP contribution in [0, 0.1) is 0 Å². The molecule has 1 aliphatic heterocycles. The fourth-order valence-corrected chi connectivity index (χ4v) is 1.69. The molecule has 0 aromatic rings. The van der Waals surface area contributed by atoms with E-state index in [0.29, 0.717) is 6.61 Å². The number of methoxy groups -OCH3 is 1. The smallest absolute Gasteiger partial charge is 0.110 e. The number of ether oxygens (including phenoxy) is 2. The first-order valence-electron chi connectivity index (χ1n) is 3.45. The Labute approximate surface area is 81.9 Å². The van der Waals surface area contributed by atoms with Gasteiger partial charge in [0.15, 0.2) is 0 Å². The normalized spacial score (nSPS) is 37.8. The van der Waals surface area contributed by atoms with Crippen molar-refractivity contribution in [2.24, 2.45) is 0 Å². The summed E-state index contributed by atoms with van der Waals surface area (Å²) in [6.07, 6.45) is 0.814. The van der Waals surface area contributed by atoms with Gasteiger partial charge in [0.1, 0.15) is 43.1 Å². The summed E-state index contributed by atoms with van der Waals surface area (Å²) in [6, 6.07) is -0.199. The summed E-state index contributed by atoms with van der Waals surface area (Å²) in [4.78, 5) is 0. The number of hydrogen-bond donors (Lipinski definition) is 0. The van der Waals surface area contributed by atoms with Gasteiger partial charge in [-0.15, -0.1) is 0 Å². The van der Waals surface area contributed by atoms with E-state index in [9.17, 15) is 0 Å². The Morgan fingerprint density at radius 2 is 2.45 bits per heavy atom. The van der Waals surface area contributed by atoms with Gasteiger partial charge in [0, 0.05) is 13.1 Å². The summed E-state index contributed by atoms with van der Waals surface area (Å²) in [5.74, 6) is 0. The van der Waals surface area contributed by atoms with E-state index in [-0.39, 0.29) is 18.2 Å².